The van der Waals surface area contributed by atoms with E-state index in [-0.39, 0.29) is 0 Å². The average Bonchev–Trinajstić information content (AvgIpc) is 1.62. The lowest BCUT2D eigenvalue weighted by atomic mass is 9.86. The van der Waals surface area contributed by atoms with E-state index in [2.05, 4.69) is 27.7 Å². The largest absolute Gasteiger partial charge is 0.212 e. The van der Waals surface area contributed by atoms with Crippen LogP contribution in [0.2, 0.25) is 5.28 Å². The van der Waals surface area contributed by atoms with Gasteiger partial charge in [0, 0.05) is 0 Å². The Kier molecular flexibility index (Phi) is 3.86. The first-order valence-electron chi connectivity index (χ1n) is 3.95. The molecule has 0 radical (unpaired) electrons. The second-order valence-corrected chi connectivity index (χ2v) is 5.09. The minimum atomic E-state index is 0.545. The van der Waals surface area contributed by atoms with E-state index in [4.69, 9.17) is 0 Å². The number of hydrogen-bond acceptors (Lipinski definition) is 0. The van der Waals surface area contributed by atoms with Crippen molar-refractivity contribution in [3.8, 4) is 0 Å². The summed E-state index contributed by atoms with van der Waals surface area (Å²) in [6, 6.07) is 0. The zero-order chi connectivity index (χ0) is 7.49. The van der Waals surface area contributed by atoms with E-state index in [1.54, 1.807) is 0 Å². The fourth-order valence-corrected chi connectivity index (χ4v) is 1.48. The van der Waals surface area contributed by atoms with Crippen molar-refractivity contribution in [1.29, 1.82) is 0 Å². The highest BCUT2D eigenvalue weighted by Crippen LogP contribution is 2.25. The van der Waals surface area contributed by atoms with Gasteiger partial charge in [-0.05, 0) is 11.8 Å². The molecule has 0 aliphatic carbocycles. The lowest BCUT2D eigenvalue weighted by Gasteiger charge is -2.22. The Hall–Kier alpha value is 0.532. The molecular weight excluding hydrogens is 123 g/mol. The molecular formula is C8H19Al. The molecule has 0 saturated heterocycles. The normalized spacial score (nSPS) is 15.6. The zero-order valence-corrected chi connectivity index (χ0v) is 9.49. The van der Waals surface area contributed by atoms with Crippen LogP contribution in [0.15, 0.2) is 0 Å². The molecule has 0 bridgehead atoms. The molecule has 0 heterocycles. The quantitative estimate of drug-likeness (QED) is 0.518. The first-order chi connectivity index (χ1) is 3.95. The Morgan fingerprint density at radius 2 is 1.78 bits per heavy atom. The van der Waals surface area contributed by atoms with Crippen molar-refractivity contribution >= 4 is 16.3 Å². The third-order valence-electron chi connectivity index (χ3n) is 1.66. The number of hydrogen-bond donors (Lipinski definition) is 0. The second kappa shape index (κ2) is 3.64. The Labute approximate surface area is 67.5 Å². The van der Waals surface area contributed by atoms with Crippen LogP contribution in [0, 0.1) is 11.3 Å². The summed E-state index contributed by atoms with van der Waals surface area (Å²) < 4.78 is 0. The van der Waals surface area contributed by atoms with Crippen LogP contribution >= 0.6 is 0 Å². The Morgan fingerprint density at radius 1 is 1.33 bits per heavy atom. The topological polar surface area (TPSA) is 0 Å². The van der Waals surface area contributed by atoms with Crippen LogP contribution in [0.1, 0.15) is 34.1 Å². The summed E-state index contributed by atoms with van der Waals surface area (Å²) in [4.78, 5) is 0. The van der Waals surface area contributed by atoms with E-state index in [0.29, 0.717) is 5.41 Å². The summed E-state index contributed by atoms with van der Waals surface area (Å²) in [5.74, 6) is 0.955. The molecule has 1 unspecified atom stereocenters. The molecule has 0 N–H and O–H groups in total. The lowest BCUT2D eigenvalue weighted by Crippen LogP contribution is -2.10. The van der Waals surface area contributed by atoms with E-state index in [1.165, 1.54) is 28.0 Å². The Bertz CT molecular complexity index is 71.1. The highest BCUT2D eigenvalue weighted by molar-refractivity contribution is 6.08. The predicted octanol–water partition coefficient (Wildman–Crippen LogP) is 2.11. The van der Waals surface area contributed by atoms with Crippen molar-refractivity contribution in [2.45, 2.75) is 39.4 Å². The SMILES string of the molecule is CC([CH2][AlH2])CC(C)(C)C. The first-order valence-corrected chi connectivity index (χ1v) is 5.37. The molecule has 0 aliphatic heterocycles. The molecule has 0 aromatic carbocycles. The summed E-state index contributed by atoms with van der Waals surface area (Å²) in [6.45, 7) is 9.32. The van der Waals surface area contributed by atoms with Gasteiger partial charge in [-0.3, -0.25) is 0 Å². The first kappa shape index (κ1) is 9.53. The van der Waals surface area contributed by atoms with E-state index < -0.39 is 0 Å². The third kappa shape index (κ3) is 6.42. The van der Waals surface area contributed by atoms with Gasteiger partial charge in [0.15, 0.2) is 0 Å². The minimum Gasteiger partial charge on any atom is -0.0987 e. The van der Waals surface area contributed by atoms with Gasteiger partial charge in [0.05, 0.1) is 0 Å². The van der Waals surface area contributed by atoms with Gasteiger partial charge >= 0.3 is 0 Å². The van der Waals surface area contributed by atoms with Crippen LogP contribution in [0.3, 0.4) is 0 Å². The van der Waals surface area contributed by atoms with Gasteiger partial charge < -0.3 is 0 Å². The molecule has 0 aromatic heterocycles. The summed E-state index contributed by atoms with van der Waals surface area (Å²) in [5, 5.41) is 1.46. The molecule has 0 fully saturated rings. The fourth-order valence-electron chi connectivity index (χ4n) is 1.19. The van der Waals surface area contributed by atoms with Crippen LogP contribution in [0.25, 0.3) is 0 Å². The lowest BCUT2D eigenvalue weighted by molar-refractivity contribution is 0.320. The summed E-state index contributed by atoms with van der Waals surface area (Å²) in [7, 11) is 0. The van der Waals surface area contributed by atoms with Gasteiger partial charge in [-0.2, -0.15) is 0 Å². The van der Waals surface area contributed by atoms with Crippen molar-refractivity contribution < 1.29 is 0 Å². The van der Waals surface area contributed by atoms with Crippen LogP contribution in [0.5, 0.6) is 0 Å². The molecule has 0 rings (SSSR count). The summed E-state index contributed by atoms with van der Waals surface area (Å²) in [5.41, 5.74) is 0.545. The summed E-state index contributed by atoms with van der Waals surface area (Å²) >= 11 is 1.37. The van der Waals surface area contributed by atoms with Crippen LogP contribution in [0.4, 0.5) is 0 Å². The molecule has 0 amide bonds. The maximum absolute atomic E-state index is 2.36. The third-order valence-corrected chi connectivity index (χ3v) is 3.05. The fraction of sp³-hybridized carbons (Fsp3) is 1.00. The highest BCUT2D eigenvalue weighted by Gasteiger charge is 2.12. The van der Waals surface area contributed by atoms with Crippen LogP contribution in [-0.4, -0.2) is 16.3 Å². The van der Waals surface area contributed by atoms with E-state index in [9.17, 15) is 0 Å². The standard InChI is InChI=1S/C8H17.Al.2H/c1-7(2)6-8(3,4)5;;;/h7H,1,6H2,2-5H3;;;. The van der Waals surface area contributed by atoms with E-state index in [1.807, 2.05) is 0 Å². The zero-order valence-electron chi connectivity index (χ0n) is 7.49. The van der Waals surface area contributed by atoms with Crippen LogP contribution < -0.4 is 0 Å². The monoisotopic (exact) mass is 142 g/mol. The smallest absolute Gasteiger partial charge is 0.0987 e. The van der Waals surface area contributed by atoms with Crippen molar-refractivity contribution in [2.75, 3.05) is 0 Å². The van der Waals surface area contributed by atoms with Crippen molar-refractivity contribution in [3.63, 3.8) is 0 Å². The Balaban J connectivity index is 3.47. The highest BCUT2D eigenvalue weighted by atomic mass is 27.0. The Morgan fingerprint density at radius 3 is 1.89 bits per heavy atom. The van der Waals surface area contributed by atoms with Gasteiger partial charge in [-0.15, -0.1) is 0 Å². The molecule has 0 aromatic rings. The van der Waals surface area contributed by atoms with Gasteiger partial charge in [0.25, 0.3) is 0 Å². The number of rotatable bonds is 2. The second-order valence-electron chi connectivity index (χ2n) is 4.28. The van der Waals surface area contributed by atoms with E-state index in [0.717, 1.165) is 5.92 Å². The van der Waals surface area contributed by atoms with Crippen LogP contribution in [-0.2, 0) is 0 Å². The van der Waals surface area contributed by atoms with Gasteiger partial charge in [-0.1, -0.05) is 38.9 Å². The molecule has 0 saturated carbocycles. The van der Waals surface area contributed by atoms with Crippen molar-refractivity contribution in [3.05, 3.63) is 0 Å². The molecule has 0 nitrogen and oxygen atoms in total. The van der Waals surface area contributed by atoms with Crippen molar-refractivity contribution in [2.24, 2.45) is 11.3 Å². The maximum atomic E-state index is 2.36. The summed E-state index contributed by atoms with van der Waals surface area (Å²) in [6.07, 6.45) is 1.39. The minimum absolute atomic E-state index is 0.545. The van der Waals surface area contributed by atoms with Gasteiger partial charge in [0.1, 0.15) is 0 Å². The predicted molar refractivity (Wildman–Crippen MR) is 46.6 cm³/mol. The molecule has 54 valence electrons. The van der Waals surface area contributed by atoms with Gasteiger partial charge in [0.2, 0.25) is 16.3 Å². The maximum Gasteiger partial charge on any atom is 0.212 e. The molecule has 0 spiro atoms. The average molecular weight is 142 g/mol. The molecule has 1 heteroatoms. The molecule has 9 heavy (non-hydrogen) atoms. The van der Waals surface area contributed by atoms with Crippen molar-refractivity contribution in [1.82, 2.24) is 0 Å². The van der Waals surface area contributed by atoms with E-state index >= 15 is 0 Å². The van der Waals surface area contributed by atoms with Gasteiger partial charge in [-0.25, -0.2) is 0 Å². The molecule has 1 atom stereocenters. The molecule has 0 aliphatic rings.